The molecule has 1 amide bonds. The van der Waals surface area contributed by atoms with Gasteiger partial charge in [0.2, 0.25) is 0 Å². The molecule has 0 unspecified atom stereocenters. The molecule has 2 atom stereocenters. The fraction of sp³-hybridized carbons (Fsp3) is 0.435. The summed E-state index contributed by atoms with van der Waals surface area (Å²) in [5, 5.41) is 3.12. The second-order valence-electron chi connectivity index (χ2n) is 7.24. The minimum Gasteiger partial charge on any atom is -0.487 e. The maximum Gasteiger partial charge on any atom is 0.261 e. The Kier molecular flexibility index (Phi) is 6.22. The van der Waals surface area contributed by atoms with Crippen molar-refractivity contribution in [3.05, 3.63) is 59.9 Å². The van der Waals surface area contributed by atoms with Crippen LogP contribution in [0.1, 0.15) is 58.1 Å². The summed E-state index contributed by atoms with van der Waals surface area (Å²) in [5.41, 5.74) is 0.662. The Morgan fingerprint density at radius 1 is 1.18 bits per heavy atom. The second-order valence-corrected chi connectivity index (χ2v) is 7.24. The summed E-state index contributed by atoms with van der Waals surface area (Å²) in [6.45, 7) is 6.06. The number of amides is 1. The lowest BCUT2D eigenvalue weighted by Crippen LogP contribution is -2.47. The fourth-order valence-corrected chi connectivity index (χ4v) is 3.71. The smallest absolute Gasteiger partial charge is 0.261 e. The van der Waals surface area contributed by atoms with Gasteiger partial charge in [-0.1, -0.05) is 51.1 Å². The van der Waals surface area contributed by atoms with E-state index in [4.69, 9.17) is 9.47 Å². The van der Waals surface area contributed by atoms with E-state index in [1.165, 1.54) is 12.1 Å². The van der Waals surface area contributed by atoms with Gasteiger partial charge in [-0.3, -0.25) is 4.79 Å². The average molecular weight is 385 g/mol. The number of halogens is 1. The number of nitrogens with one attached hydrogen (secondary N) is 1. The standard InChI is InChI=1S/C23H28FNO3/c1-4-19(27-21-14-10-8-12-17(21)24)22(26)25-18-15-23(5-2,6-3)28-20-13-9-7-11-16(18)20/h7-14,18-19H,4-6,15H2,1-3H3,(H,25,26)/t18-,19-/m1/s1. The van der Waals surface area contributed by atoms with Crippen LogP contribution in [0.15, 0.2) is 48.5 Å². The van der Waals surface area contributed by atoms with Crippen LogP contribution in [0.5, 0.6) is 11.5 Å². The van der Waals surface area contributed by atoms with Gasteiger partial charge in [0.1, 0.15) is 11.4 Å². The highest BCUT2D eigenvalue weighted by molar-refractivity contribution is 5.81. The molecule has 0 spiro atoms. The Balaban J connectivity index is 1.80. The van der Waals surface area contributed by atoms with Crippen molar-refractivity contribution >= 4 is 5.91 Å². The molecule has 2 aromatic carbocycles. The highest BCUT2D eigenvalue weighted by Crippen LogP contribution is 2.42. The number of carbonyl (C=O) groups is 1. The largest absolute Gasteiger partial charge is 0.487 e. The van der Waals surface area contributed by atoms with E-state index < -0.39 is 11.9 Å². The molecule has 0 aliphatic carbocycles. The molecule has 0 aromatic heterocycles. The molecule has 0 saturated heterocycles. The first-order chi connectivity index (χ1) is 13.5. The summed E-state index contributed by atoms with van der Waals surface area (Å²) >= 11 is 0. The van der Waals surface area contributed by atoms with Crippen LogP contribution in [0.25, 0.3) is 0 Å². The number of ether oxygens (including phenoxy) is 2. The van der Waals surface area contributed by atoms with Crippen LogP contribution < -0.4 is 14.8 Å². The lowest BCUT2D eigenvalue weighted by atomic mass is 9.83. The molecule has 0 bridgehead atoms. The van der Waals surface area contributed by atoms with Gasteiger partial charge < -0.3 is 14.8 Å². The van der Waals surface area contributed by atoms with Crippen molar-refractivity contribution in [2.24, 2.45) is 0 Å². The fourth-order valence-electron chi connectivity index (χ4n) is 3.71. The molecule has 5 heteroatoms. The van der Waals surface area contributed by atoms with Crippen LogP contribution in [0.4, 0.5) is 4.39 Å². The number of hydrogen-bond donors (Lipinski definition) is 1. The van der Waals surface area contributed by atoms with Gasteiger partial charge in [0.25, 0.3) is 5.91 Å². The zero-order valence-electron chi connectivity index (χ0n) is 16.7. The van der Waals surface area contributed by atoms with Crippen molar-refractivity contribution < 1.29 is 18.7 Å². The summed E-state index contributed by atoms with van der Waals surface area (Å²) in [7, 11) is 0. The molecule has 150 valence electrons. The van der Waals surface area contributed by atoms with Gasteiger partial charge in [0, 0.05) is 12.0 Å². The molecule has 4 nitrogen and oxygen atoms in total. The molecule has 3 rings (SSSR count). The van der Waals surface area contributed by atoms with E-state index in [1.807, 2.05) is 31.2 Å². The zero-order valence-corrected chi connectivity index (χ0v) is 16.7. The van der Waals surface area contributed by atoms with Gasteiger partial charge in [0.15, 0.2) is 17.7 Å². The average Bonchev–Trinajstić information content (AvgIpc) is 2.72. The Labute approximate surface area is 166 Å². The highest BCUT2D eigenvalue weighted by atomic mass is 19.1. The van der Waals surface area contributed by atoms with E-state index >= 15 is 0 Å². The quantitative estimate of drug-likeness (QED) is 0.714. The third kappa shape index (κ3) is 4.13. The molecule has 0 fully saturated rings. The van der Waals surface area contributed by atoms with Crippen molar-refractivity contribution in [3.63, 3.8) is 0 Å². The van der Waals surface area contributed by atoms with Gasteiger partial charge in [-0.15, -0.1) is 0 Å². The first-order valence-electron chi connectivity index (χ1n) is 10.0. The minimum atomic E-state index is -0.760. The minimum absolute atomic E-state index is 0.0911. The van der Waals surface area contributed by atoms with Gasteiger partial charge in [-0.25, -0.2) is 4.39 Å². The van der Waals surface area contributed by atoms with Crippen LogP contribution in [-0.2, 0) is 4.79 Å². The van der Waals surface area contributed by atoms with Gasteiger partial charge >= 0.3 is 0 Å². The zero-order chi connectivity index (χ0) is 20.1. The number of rotatable bonds is 7. The number of para-hydroxylation sites is 2. The predicted molar refractivity (Wildman–Crippen MR) is 107 cm³/mol. The van der Waals surface area contributed by atoms with E-state index in [1.54, 1.807) is 12.1 Å². The summed E-state index contributed by atoms with van der Waals surface area (Å²) in [6, 6.07) is 13.8. The Hall–Kier alpha value is -2.56. The molecule has 0 saturated carbocycles. The third-order valence-electron chi connectivity index (χ3n) is 5.57. The summed E-state index contributed by atoms with van der Waals surface area (Å²) < 4.78 is 25.9. The normalized spacial score (nSPS) is 18.5. The molecule has 1 aliphatic heterocycles. The van der Waals surface area contributed by atoms with Crippen molar-refractivity contribution in [2.75, 3.05) is 0 Å². The molecule has 1 heterocycles. The first kappa shape index (κ1) is 20.2. The number of fused-ring (bicyclic) bond motifs is 1. The number of hydrogen-bond acceptors (Lipinski definition) is 3. The maximum atomic E-state index is 13.9. The van der Waals surface area contributed by atoms with E-state index in [9.17, 15) is 9.18 Å². The Morgan fingerprint density at radius 3 is 2.54 bits per heavy atom. The maximum absolute atomic E-state index is 13.9. The molecule has 1 aliphatic rings. The molecule has 1 N–H and O–H groups in total. The van der Waals surface area contributed by atoms with Crippen LogP contribution in [0, 0.1) is 5.82 Å². The van der Waals surface area contributed by atoms with E-state index in [2.05, 4.69) is 19.2 Å². The topological polar surface area (TPSA) is 47.6 Å². The third-order valence-corrected chi connectivity index (χ3v) is 5.57. The van der Waals surface area contributed by atoms with Crippen molar-refractivity contribution in [2.45, 2.75) is 64.2 Å². The van der Waals surface area contributed by atoms with Crippen molar-refractivity contribution in [1.82, 2.24) is 5.32 Å². The highest BCUT2D eigenvalue weighted by Gasteiger charge is 2.39. The predicted octanol–water partition coefficient (Wildman–Crippen LogP) is 5.18. The second kappa shape index (κ2) is 8.63. The monoisotopic (exact) mass is 385 g/mol. The SMILES string of the molecule is CC[C@@H](Oc1ccccc1F)C(=O)N[C@@H]1CC(CC)(CC)Oc2ccccc21. The number of carbonyl (C=O) groups excluding carboxylic acids is 1. The van der Waals surface area contributed by atoms with E-state index in [-0.39, 0.29) is 23.3 Å². The summed E-state index contributed by atoms with van der Waals surface area (Å²) in [5.74, 6) is 0.189. The van der Waals surface area contributed by atoms with E-state index in [0.717, 1.165) is 24.2 Å². The molecule has 2 aromatic rings. The van der Waals surface area contributed by atoms with Crippen LogP contribution in [-0.4, -0.2) is 17.6 Å². The van der Waals surface area contributed by atoms with Gasteiger partial charge in [-0.05, 0) is 37.5 Å². The Morgan fingerprint density at radius 2 is 1.86 bits per heavy atom. The van der Waals surface area contributed by atoms with Crippen LogP contribution in [0.2, 0.25) is 0 Å². The first-order valence-corrected chi connectivity index (χ1v) is 10.0. The van der Waals surface area contributed by atoms with E-state index in [0.29, 0.717) is 12.8 Å². The summed E-state index contributed by atoms with van der Waals surface area (Å²) in [4.78, 5) is 13.0. The van der Waals surface area contributed by atoms with Crippen LogP contribution >= 0.6 is 0 Å². The number of benzene rings is 2. The molecular weight excluding hydrogens is 357 g/mol. The lowest BCUT2D eigenvalue weighted by Gasteiger charge is -2.42. The molecule has 0 radical (unpaired) electrons. The van der Waals surface area contributed by atoms with Crippen molar-refractivity contribution in [1.29, 1.82) is 0 Å². The lowest BCUT2D eigenvalue weighted by molar-refractivity contribution is -0.129. The Bertz CT molecular complexity index is 819. The van der Waals surface area contributed by atoms with Gasteiger partial charge in [0.05, 0.1) is 6.04 Å². The van der Waals surface area contributed by atoms with Crippen molar-refractivity contribution in [3.8, 4) is 11.5 Å². The molecule has 28 heavy (non-hydrogen) atoms. The molecular formula is C23H28FNO3. The van der Waals surface area contributed by atoms with Crippen LogP contribution in [0.3, 0.4) is 0 Å². The van der Waals surface area contributed by atoms with Gasteiger partial charge in [-0.2, -0.15) is 0 Å². The summed E-state index contributed by atoms with van der Waals surface area (Å²) in [6.07, 6.45) is 2.08.